The fourth-order valence-corrected chi connectivity index (χ4v) is 4.93. The van der Waals surface area contributed by atoms with E-state index >= 15 is 0 Å². The molecule has 0 radical (unpaired) electrons. The molecule has 0 saturated carbocycles. The van der Waals surface area contributed by atoms with Gasteiger partial charge in [0.15, 0.2) is 29.6 Å². The monoisotopic (exact) mass is 665 g/mol. The number of hydrogen-bond acceptors (Lipinski definition) is 8. The summed E-state index contributed by atoms with van der Waals surface area (Å²) in [7, 11) is 2.86. The Morgan fingerprint density at radius 2 is 1.73 bits per heavy atom. The molecule has 0 aliphatic carbocycles. The molecule has 1 aliphatic heterocycles. The van der Waals surface area contributed by atoms with Crippen LogP contribution in [-0.2, 0) is 14.4 Å². The molecule has 2 N–H and O–H groups in total. The summed E-state index contributed by atoms with van der Waals surface area (Å²) in [5, 5.41) is 5.04. The van der Waals surface area contributed by atoms with Crippen molar-refractivity contribution < 1.29 is 38.1 Å². The lowest BCUT2D eigenvalue weighted by atomic mass is 10.1. The summed E-state index contributed by atoms with van der Waals surface area (Å²) in [6.07, 6.45) is 2.11. The summed E-state index contributed by atoms with van der Waals surface area (Å²) < 4.78 is 22.7. The summed E-state index contributed by atoms with van der Waals surface area (Å²) in [6.45, 7) is 6.00. The standard InChI is InChI=1S/C32H32BrN3O8/c1-6-12-43-25-11-10-21(16-26(25)41-4)36-31(39)22(30(38)35-32(36)40)13-20-14-23(33)29(27(15-20)42-5)44-17-28(37)34-24-9-7-8-18(2)19(24)3/h7-11,13-16H,6,12,17H2,1-5H3,(H,34,37)(H,35,38,40)/b22-13-. The number of nitrogens with one attached hydrogen (secondary N) is 2. The molecule has 5 amide bonds. The van der Waals surface area contributed by atoms with E-state index in [0.717, 1.165) is 22.4 Å². The maximum absolute atomic E-state index is 13.5. The average molecular weight is 667 g/mol. The molecule has 0 unspecified atom stereocenters. The second kappa shape index (κ2) is 14.1. The predicted molar refractivity (Wildman–Crippen MR) is 169 cm³/mol. The van der Waals surface area contributed by atoms with Gasteiger partial charge in [-0.25, -0.2) is 9.69 Å². The van der Waals surface area contributed by atoms with Gasteiger partial charge in [-0.1, -0.05) is 19.1 Å². The van der Waals surface area contributed by atoms with Gasteiger partial charge in [0.1, 0.15) is 5.57 Å². The van der Waals surface area contributed by atoms with Gasteiger partial charge in [0, 0.05) is 11.8 Å². The van der Waals surface area contributed by atoms with Crippen molar-refractivity contribution in [2.45, 2.75) is 27.2 Å². The van der Waals surface area contributed by atoms with Crippen molar-refractivity contribution in [3.63, 3.8) is 0 Å². The third kappa shape index (κ3) is 7.03. The number of barbiturate groups is 1. The second-order valence-corrected chi connectivity index (χ2v) is 10.6. The van der Waals surface area contributed by atoms with Crippen LogP contribution in [0.3, 0.4) is 0 Å². The number of anilines is 2. The molecule has 230 valence electrons. The first-order chi connectivity index (χ1) is 21.1. The molecule has 0 atom stereocenters. The first kappa shape index (κ1) is 32.1. The Labute approximate surface area is 263 Å². The first-order valence-corrected chi connectivity index (χ1v) is 14.5. The van der Waals surface area contributed by atoms with Crippen LogP contribution in [0.2, 0.25) is 0 Å². The van der Waals surface area contributed by atoms with Crippen molar-refractivity contribution >= 4 is 57.1 Å². The van der Waals surface area contributed by atoms with E-state index in [1.54, 1.807) is 18.2 Å². The lowest BCUT2D eigenvalue weighted by Gasteiger charge is -2.27. The molecular formula is C32H32BrN3O8. The van der Waals surface area contributed by atoms with Crippen LogP contribution in [0.25, 0.3) is 6.08 Å². The van der Waals surface area contributed by atoms with Crippen LogP contribution >= 0.6 is 15.9 Å². The number of ether oxygens (including phenoxy) is 4. The van der Waals surface area contributed by atoms with Crippen molar-refractivity contribution in [3.05, 3.63) is 75.3 Å². The lowest BCUT2D eigenvalue weighted by Crippen LogP contribution is -2.54. The molecule has 1 heterocycles. The molecule has 12 heteroatoms. The molecular weight excluding hydrogens is 634 g/mol. The molecule has 1 aliphatic rings. The zero-order valence-electron chi connectivity index (χ0n) is 24.9. The van der Waals surface area contributed by atoms with E-state index in [1.807, 2.05) is 39.0 Å². The predicted octanol–water partition coefficient (Wildman–Crippen LogP) is 5.56. The van der Waals surface area contributed by atoms with Crippen LogP contribution in [0.5, 0.6) is 23.0 Å². The Balaban J connectivity index is 1.57. The topological polar surface area (TPSA) is 132 Å². The zero-order valence-corrected chi connectivity index (χ0v) is 26.5. The number of rotatable bonds is 11. The molecule has 3 aromatic rings. The van der Waals surface area contributed by atoms with Gasteiger partial charge >= 0.3 is 6.03 Å². The van der Waals surface area contributed by atoms with Crippen LogP contribution < -0.4 is 34.5 Å². The van der Waals surface area contributed by atoms with Crippen LogP contribution in [0.15, 0.2) is 58.6 Å². The Hall–Kier alpha value is -4.84. The summed E-state index contributed by atoms with van der Waals surface area (Å²) in [4.78, 5) is 52.4. The van der Waals surface area contributed by atoms with Crippen LogP contribution in [-0.4, -0.2) is 51.2 Å². The summed E-state index contributed by atoms with van der Waals surface area (Å²) >= 11 is 3.43. The smallest absolute Gasteiger partial charge is 0.335 e. The van der Waals surface area contributed by atoms with Gasteiger partial charge in [0.2, 0.25) is 0 Å². The Kier molecular flexibility index (Phi) is 10.3. The highest BCUT2D eigenvalue weighted by atomic mass is 79.9. The quantitative estimate of drug-likeness (QED) is 0.201. The van der Waals surface area contributed by atoms with E-state index in [0.29, 0.717) is 33.8 Å². The average Bonchev–Trinajstić information content (AvgIpc) is 2.99. The number of methoxy groups -OCH3 is 2. The maximum atomic E-state index is 13.5. The van der Waals surface area contributed by atoms with Gasteiger partial charge in [-0.3, -0.25) is 19.7 Å². The SMILES string of the molecule is CCCOc1ccc(N2C(=O)NC(=O)/C(=C/c3cc(Br)c(OCC(=O)Nc4cccc(C)c4C)c(OC)c3)C2=O)cc1OC. The van der Waals surface area contributed by atoms with Gasteiger partial charge in [-0.05, 0) is 89.3 Å². The maximum Gasteiger partial charge on any atom is 0.335 e. The van der Waals surface area contributed by atoms with Gasteiger partial charge in [0.25, 0.3) is 17.7 Å². The highest BCUT2D eigenvalue weighted by molar-refractivity contribution is 9.10. The van der Waals surface area contributed by atoms with Crippen LogP contribution in [0.4, 0.5) is 16.2 Å². The highest BCUT2D eigenvalue weighted by Crippen LogP contribution is 2.38. The summed E-state index contributed by atoms with van der Waals surface area (Å²) in [5.74, 6) is -0.780. The van der Waals surface area contributed by atoms with Crippen molar-refractivity contribution in [2.75, 3.05) is 37.7 Å². The van der Waals surface area contributed by atoms with E-state index < -0.39 is 17.8 Å². The van der Waals surface area contributed by atoms with Gasteiger partial charge in [0.05, 0.1) is 31.0 Å². The highest BCUT2D eigenvalue weighted by Gasteiger charge is 2.37. The fourth-order valence-electron chi connectivity index (χ4n) is 4.36. The number of aryl methyl sites for hydroxylation is 1. The number of urea groups is 1. The van der Waals surface area contributed by atoms with E-state index in [2.05, 4.69) is 26.6 Å². The molecule has 44 heavy (non-hydrogen) atoms. The first-order valence-electron chi connectivity index (χ1n) is 13.7. The fraction of sp³-hybridized carbons (Fsp3) is 0.250. The molecule has 4 rings (SSSR count). The van der Waals surface area contributed by atoms with E-state index in [1.165, 1.54) is 32.4 Å². The number of benzene rings is 3. The van der Waals surface area contributed by atoms with E-state index in [4.69, 9.17) is 18.9 Å². The van der Waals surface area contributed by atoms with Crippen molar-refractivity contribution in [3.8, 4) is 23.0 Å². The van der Waals surface area contributed by atoms with Gasteiger partial charge in [-0.15, -0.1) is 0 Å². The third-order valence-corrected chi connectivity index (χ3v) is 7.35. The number of halogens is 1. The number of hydrogen-bond donors (Lipinski definition) is 2. The van der Waals surface area contributed by atoms with E-state index in [9.17, 15) is 19.2 Å². The normalized spacial score (nSPS) is 13.9. The van der Waals surface area contributed by atoms with Crippen LogP contribution in [0.1, 0.15) is 30.0 Å². The molecule has 1 fully saturated rings. The minimum absolute atomic E-state index is 0.188. The Bertz CT molecular complexity index is 1650. The van der Waals surface area contributed by atoms with Crippen molar-refractivity contribution in [1.29, 1.82) is 0 Å². The zero-order chi connectivity index (χ0) is 32.0. The number of amides is 5. The molecule has 11 nitrogen and oxygen atoms in total. The molecule has 3 aromatic carbocycles. The number of carbonyl (C=O) groups excluding carboxylic acids is 4. The Morgan fingerprint density at radius 1 is 0.977 bits per heavy atom. The largest absolute Gasteiger partial charge is 0.493 e. The molecule has 0 spiro atoms. The number of imide groups is 2. The second-order valence-electron chi connectivity index (χ2n) is 9.76. The number of nitrogens with zero attached hydrogens (tertiary/aromatic N) is 1. The minimum atomic E-state index is -0.900. The molecule has 0 bridgehead atoms. The third-order valence-electron chi connectivity index (χ3n) is 6.76. The Morgan fingerprint density at radius 3 is 2.43 bits per heavy atom. The van der Waals surface area contributed by atoms with Crippen LogP contribution in [0, 0.1) is 13.8 Å². The molecule has 0 aromatic heterocycles. The van der Waals surface area contributed by atoms with Crippen molar-refractivity contribution in [1.82, 2.24) is 5.32 Å². The van der Waals surface area contributed by atoms with Crippen molar-refractivity contribution in [2.24, 2.45) is 0 Å². The number of carbonyl (C=O) groups is 4. The minimum Gasteiger partial charge on any atom is -0.493 e. The van der Waals surface area contributed by atoms with E-state index in [-0.39, 0.29) is 35.3 Å². The van der Waals surface area contributed by atoms with Gasteiger partial charge in [-0.2, -0.15) is 0 Å². The molecule has 1 saturated heterocycles. The summed E-state index contributed by atoms with van der Waals surface area (Å²) in [6, 6.07) is 12.5. The summed E-state index contributed by atoms with van der Waals surface area (Å²) in [5.41, 5.74) is 2.99. The lowest BCUT2D eigenvalue weighted by molar-refractivity contribution is -0.122. The van der Waals surface area contributed by atoms with Gasteiger partial charge < -0.3 is 24.3 Å².